The Bertz CT molecular complexity index is 755. The number of para-hydroxylation sites is 1. The van der Waals surface area contributed by atoms with E-state index in [-0.39, 0.29) is 12.8 Å². The third-order valence-corrected chi connectivity index (χ3v) is 7.24. The summed E-state index contributed by atoms with van der Waals surface area (Å²) in [6.07, 6.45) is 3.60. The number of rotatable bonds is 7. The Kier molecular flexibility index (Phi) is 5.14. The molecule has 3 rings (SSSR count). The molecule has 0 fully saturated rings. The molecule has 0 saturated heterocycles. The second-order valence-electron chi connectivity index (χ2n) is 5.72. The van der Waals surface area contributed by atoms with Crippen molar-refractivity contribution in [3.05, 3.63) is 96.8 Å². The van der Waals surface area contributed by atoms with Gasteiger partial charge in [0.15, 0.2) is 0 Å². The van der Waals surface area contributed by atoms with E-state index in [1.165, 1.54) is 0 Å². The van der Waals surface area contributed by atoms with Gasteiger partial charge >= 0.3 is 148 Å². The molecule has 0 radical (unpaired) electrons. The Balaban J connectivity index is 2.13. The van der Waals surface area contributed by atoms with Gasteiger partial charge in [-0.1, -0.05) is 0 Å². The quantitative estimate of drug-likeness (QED) is 0.607. The van der Waals surface area contributed by atoms with Crippen molar-refractivity contribution < 1.29 is 18.3 Å². The predicted octanol–water partition coefficient (Wildman–Crippen LogP) is 3.71. The standard InChI is InChI=1S/C20H22NO3P/c1-2-23-25(22,21-16-10-5-11-17-21,18-19-12-6-3-7-13-19)24-20-14-8-4-9-15-20/h3-17H,2,18H2,1H3. The normalized spacial score (nSPS) is 13.0. The molecule has 2 aromatic carbocycles. The maximum absolute atomic E-state index is 14.5. The van der Waals surface area contributed by atoms with Crippen LogP contribution in [0.2, 0.25) is 0 Å². The summed E-state index contributed by atoms with van der Waals surface area (Å²) in [6.45, 7) is 2.09. The van der Waals surface area contributed by atoms with E-state index in [4.69, 9.17) is 9.05 Å². The van der Waals surface area contributed by atoms with Crippen LogP contribution >= 0.6 is 7.43 Å². The Morgan fingerprint density at radius 2 is 1.40 bits per heavy atom. The zero-order valence-corrected chi connectivity index (χ0v) is 15.1. The van der Waals surface area contributed by atoms with Gasteiger partial charge in [0.2, 0.25) is 0 Å². The van der Waals surface area contributed by atoms with Crippen molar-refractivity contribution in [2.75, 3.05) is 6.61 Å². The van der Waals surface area contributed by atoms with Crippen LogP contribution in [0.15, 0.2) is 91.3 Å². The molecule has 5 heteroatoms. The van der Waals surface area contributed by atoms with Crippen LogP contribution < -0.4 is 13.8 Å². The van der Waals surface area contributed by atoms with Crippen molar-refractivity contribution in [1.82, 2.24) is 0 Å². The van der Waals surface area contributed by atoms with E-state index in [1.54, 1.807) is 28.9 Å². The Labute approximate surface area is 148 Å². The summed E-state index contributed by atoms with van der Waals surface area (Å²) < 4.78 is 13.6. The molecular weight excluding hydrogens is 333 g/mol. The van der Waals surface area contributed by atoms with Crippen molar-refractivity contribution in [2.45, 2.75) is 13.1 Å². The van der Waals surface area contributed by atoms with Crippen molar-refractivity contribution >= 4 is 7.43 Å². The number of aromatic nitrogens is 1. The van der Waals surface area contributed by atoms with Gasteiger partial charge in [-0.3, -0.25) is 0 Å². The number of benzene rings is 2. The SMILES string of the molecule is CCOP([O-])(Cc1ccccc1)(Oc1ccccc1)[n+]1ccccc1. The van der Waals surface area contributed by atoms with E-state index in [0.29, 0.717) is 5.75 Å². The van der Waals surface area contributed by atoms with Crippen molar-refractivity contribution in [3.8, 4) is 5.75 Å². The second kappa shape index (κ2) is 7.32. The molecule has 0 atom stereocenters. The van der Waals surface area contributed by atoms with Gasteiger partial charge in [0.25, 0.3) is 0 Å². The molecular formula is C20H22NO3P. The van der Waals surface area contributed by atoms with E-state index in [9.17, 15) is 4.89 Å². The first-order valence-electron chi connectivity index (χ1n) is 8.29. The van der Waals surface area contributed by atoms with Crippen LogP contribution in [0.4, 0.5) is 0 Å². The third-order valence-electron chi connectivity index (χ3n) is 3.85. The van der Waals surface area contributed by atoms with E-state index in [1.807, 2.05) is 73.7 Å². The molecule has 0 spiro atoms. The summed E-state index contributed by atoms with van der Waals surface area (Å²) in [4.78, 5) is 14.5. The summed E-state index contributed by atoms with van der Waals surface area (Å²) in [5.74, 6) is 0.510. The van der Waals surface area contributed by atoms with Crippen LogP contribution in [0.1, 0.15) is 12.5 Å². The topological polar surface area (TPSA) is 45.4 Å². The molecule has 0 unspecified atom stereocenters. The first-order chi connectivity index (χ1) is 12.1. The van der Waals surface area contributed by atoms with Crippen LogP contribution in [-0.2, 0) is 10.7 Å². The predicted molar refractivity (Wildman–Crippen MR) is 97.8 cm³/mol. The summed E-state index contributed by atoms with van der Waals surface area (Å²) in [7, 11) is -4.49. The minimum absolute atomic E-state index is 0.143. The Morgan fingerprint density at radius 1 is 0.840 bits per heavy atom. The van der Waals surface area contributed by atoms with Gasteiger partial charge in [-0.15, -0.1) is 0 Å². The van der Waals surface area contributed by atoms with Crippen molar-refractivity contribution in [2.24, 2.45) is 0 Å². The van der Waals surface area contributed by atoms with E-state index < -0.39 is 7.43 Å². The summed E-state index contributed by atoms with van der Waals surface area (Å²) in [6, 6.07) is 24.3. The Morgan fingerprint density at radius 3 is 2.00 bits per heavy atom. The van der Waals surface area contributed by atoms with Crippen LogP contribution in [0.5, 0.6) is 5.75 Å². The number of hydrogen-bond donors (Lipinski definition) is 0. The van der Waals surface area contributed by atoms with E-state index in [2.05, 4.69) is 0 Å². The average Bonchev–Trinajstić information content (AvgIpc) is 2.64. The summed E-state index contributed by atoms with van der Waals surface area (Å²) in [5, 5.41) is 0. The number of pyridine rings is 1. The zero-order chi connectivity index (χ0) is 17.6. The summed E-state index contributed by atoms with van der Waals surface area (Å²) >= 11 is 0. The van der Waals surface area contributed by atoms with Crippen molar-refractivity contribution in [1.29, 1.82) is 0 Å². The summed E-state index contributed by atoms with van der Waals surface area (Å²) in [5.41, 5.74) is 0.885. The number of nitrogens with zero attached hydrogens (tertiary/aromatic N) is 1. The molecule has 0 N–H and O–H groups in total. The molecule has 3 aromatic rings. The fourth-order valence-electron chi connectivity index (χ4n) is 2.78. The second-order valence-corrected chi connectivity index (χ2v) is 8.93. The van der Waals surface area contributed by atoms with Crippen LogP contribution in [0, 0.1) is 0 Å². The molecule has 1 aromatic heterocycles. The molecule has 0 bridgehead atoms. The van der Waals surface area contributed by atoms with Gasteiger partial charge in [0.05, 0.1) is 0 Å². The van der Waals surface area contributed by atoms with Crippen LogP contribution in [0.25, 0.3) is 0 Å². The molecule has 130 valence electrons. The zero-order valence-electron chi connectivity index (χ0n) is 14.2. The number of hydrogen-bond acceptors (Lipinski definition) is 3. The van der Waals surface area contributed by atoms with E-state index >= 15 is 0 Å². The van der Waals surface area contributed by atoms with Crippen LogP contribution in [-0.4, -0.2) is 6.61 Å². The molecule has 0 aliphatic heterocycles. The fourth-order valence-corrected chi connectivity index (χ4v) is 5.92. The van der Waals surface area contributed by atoms with Crippen molar-refractivity contribution in [3.63, 3.8) is 0 Å². The van der Waals surface area contributed by atoms with Gasteiger partial charge in [0.1, 0.15) is 0 Å². The maximum atomic E-state index is 14.5. The van der Waals surface area contributed by atoms with Crippen LogP contribution in [0.3, 0.4) is 0 Å². The monoisotopic (exact) mass is 355 g/mol. The molecule has 0 aliphatic rings. The molecule has 25 heavy (non-hydrogen) atoms. The third kappa shape index (κ3) is 3.88. The molecule has 1 heterocycles. The first-order valence-corrected chi connectivity index (χ1v) is 10.4. The first kappa shape index (κ1) is 17.6. The van der Waals surface area contributed by atoms with Gasteiger partial charge in [-0.2, -0.15) is 0 Å². The molecule has 4 nitrogen and oxygen atoms in total. The van der Waals surface area contributed by atoms with Gasteiger partial charge in [-0.05, 0) is 0 Å². The van der Waals surface area contributed by atoms with E-state index in [0.717, 1.165) is 5.56 Å². The Hall–Kier alpha value is -2.26. The van der Waals surface area contributed by atoms with Gasteiger partial charge in [-0.25, -0.2) is 0 Å². The average molecular weight is 355 g/mol. The fraction of sp³-hybridized carbons (Fsp3) is 0.150. The molecule has 0 saturated carbocycles. The minimum atomic E-state index is -4.49. The molecule has 0 aliphatic carbocycles. The molecule has 0 amide bonds. The van der Waals surface area contributed by atoms with Gasteiger partial charge in [0, 0.05) is 0 Å². The van der Waals surface area contributed by atoms with Gasteiger partial charge < -0.3 is 0 Å².